The Kier molecular flexibility index (Phi) is 3.91. The number of ether oxygens (including phenoxy) is 1. The van der Waals surface area contributed by atoms with Gasteiger partial charge in [0.1, 0.15) is 0 Å². The summed E-state index contributed by atoms with van der Waals surface area (Å²) in [5.41, 5.74) is 9.63. The monoisotopic (exact) mass is 234 g/mol. The molecule has 1 aromatic heterocycles. The van der Waals surface area contributed by atoms with Crippen LogP contribution < -0.4 is 5.73 Å². The number of para-hydroxylation sites is 1. The number of hydrogen-bond donors (Lipinski definition) is 1. The minimum absolute atomic E-state index is 0.636. The molecule has 0 aliphatic carbocycles. The van der Waals surface area contributed by atoms with Crippen molar-refractivity contribution in [3.8, 4) is 0 Å². The minimum atomic E-state index is 0.636. The maximum Gasteiger partial charge on any atom is 0.0825 e. The molecule has 0 saturated heterocycles. The molecule has 0 unspecified atom stereocenters. The van der Waals surface area contributed by atoms with Crippen LogP contribution in [0.3, 0.4) is 0 Å². The molecule has 0 saturated carbocycles. The number of hydrogen-bond acceptors (Lipinski definition) is 4. The summed E-state index contributed by atoms with van der Waals surface area (Å²) in [6.45, 7) is 1.32. The van der Waals surface area contributed by atoms with Crippen LogP contribution in [0.25, 0.3) is 0 Å². The van der Waals surface area contributed by atoms with E-state index in [1.54, 1.807) is 11.3 Å². The predicted octanol–water partition coefficient (Wildman–Crippen LogP) is 2.48. The molecule has 0 aliphatic heterocycles. The van der Waals surface area contributed by atoms with Crippen molar-refractivity contribution in [1.29, 1.82) is 0 Å². The van der Waals surface area contributed by atoms with Gasteiger partial charge in [-0.15, -0.1) is 11.3 Å². The molecular formula is C12H14N2OS. The molecular weight excluding hydrogens is 220 g/mol. The topological polar surface area (TPSA) is 48.1 Å². The van der Waals surface area contributed by atoms with E-state index in [4.69, 9.17) is 10.5 Å². The Balaban J connectivity index is 1.74. The second-order valence-corrected chi connectivity index (χ2v) is 4.44. The first-order valence-corrected chi connectivity index (χ1v) is 6.03. The fourth-order valence-electron chi connectivity index (χ4n) is 1.43. The highest BCUT2D eigenvalue weighted by Gasteiger charge is 1.98. The van der Waals surface area contributed by atoms with Crippen LogP contribution in [0.2, 0.25) is 0 Å². The van der Waals surface area contributed by atoms with Gasteiger partial charge in [-0.1, -0.05) is 18.2 Å². The molecule has 0 aliphatic rings. The summed E-state index contributed by atoms with van der Waals surface area (Å²) in [4.78, 5) is 5.15. The van der Waals surface area contributed by atoms with Crippen molar-refractivity contribution in [2.75, 3.05) is 12.3 Å². The highest BCUT2D eigenvalue weighted by atomic mass is 32.1. The first-order chi connectivity index (χ1) is 7.86. The SMILES string of the molecule is Nc1ccccc1CCOCc1cncs1. The number of nitrogens with zero attached hydrogens (tertiary/aromatic N) is 1. The van der Waals surface area contributed by atoms with Crippen molar-refractivity contribution in [1.82, 2.24) is 4.98 Å². The van der Waals surface area contributed by atoms with E-state index in [1.165, 1.54) is 0 Å². The minimum Gasteiger partial charge on any atom is -0.399 e. The van der Waals surface area contributed by atoms with Crippen molar-refractivity contribution >= 4 is 17.0 Å². The third-order valence-electron chi connectivity index (χ3n) is 2.30. The average Bonchev–Trinajstić information content (AvgIpc) is 2.79. The summed E-state index contributed by atoms with van der Waals surface area (Å²) in [7, 11) is 0. The molecule has 0 fully saturated rings. The van der Waals surface area contributed by atoms with E-state index in [0.29, 0.717) is 13.2 Å². The van der Waals surface area contributed by atoms with Crippen molar-refractivity contribution in [3.05, 3.63) is 46.4 Å². The molecule has 84 valence electrons. The van der Waals surface area contributed by atoms with Crippen molar-refractivity contribution in [3.63, 3.8) is 0 Å². The standard InChI is InChI=1S/C12H14N2OS/c13-12-4-2-1-3-10(12)5-6-15-8-11-7-14-9-16-11/h1-4,7,9H,5-6,8,13H2. The Morgan fingerprint density at radius 2 is 2.19 bits per heavy atom. The Hall–Kier alpha value is -1.39. The van der Waals surface area contributed by atoms with Crippen LogP contribution in [0.1, 0.15) is 10.4 Å². The lowest BCUT2D eigenvalue weighted by atomic mass is 10.1. The number of anilines is 1. The van der Waals surface area contributed by atoms with E-state index in [1.807, 2.05) is 36.0 Å². The normalized spacial score (nSPS) is 10.5. The molecule has 16 heavy (non-hydrogen) atoms. The summed E-state index contributed by atoms with van der Waals surface area (Å²) in [6.07, 6.45) is 2.69. The molecule has 1 aromatic carbocycles. The van der Waals surface area contributed by atoms with Gasteiger partial charge in [-0.25, -0.2) is 0 Å². The zero-order valence-electron chi connectivity index (χ0n) is 8.93. The van der Waals surface area contributed by atoms with Crippen LogP contribution in [-0.2, 0) is 17.8 Å². The van der Waals surface area contributed by atoms with Crippen molar-refractivity contribution in [2.45, 2.75) is 13.0 Å². The molecule has 0 amide bonds. The molecule has 0 atom stereocenters. The Bertz CT molecular complexity index is 428. The lowest BCUT2D eigenvalue weighted by Gasteiger charge is -2.05. The van der Waals surface area contributed by atoms with Crippen LogP contribution >= 0.6 is 11.3 Å². The summed E-state index contributed by atoms with van der Waals surface area (Å²) < 4.78 is 5.55. The van der Waals surface area contributed by atoms with E-state index in [-0.39, 0.29) is 0 Å². The number of thiazole rings is 1. The zero-order chi connectivity index (χ0) is 11.2. The van der Waals surface area contributed by atoms with Crippen LogP contribution in [0.5, 0.6) is 0 Å². The van der Waals surface area contributed by atoms with Gasteiger partial charge in [-0.05, 0) is 18.1 Å². The third-order valence-corrected chi connectivity index (χ3v) is 3.05. The Morgan fingerprint density at radius 1 is 1.31 bits per heavy atom. The fourth-order valence-corrected chi connectivity index (χ4v) is 1.96. The van der Waals surface area contributed by atoms with E-state index < -0.39 is 0 Å². The first kappa shape index (κ1) is 11.1. The maximum absolute atomic E-state index is 5.83. The van der Waals surface area contributed by atoms with Gasteiger partial charge in [0.05, 0.1) is 23.6 Å². The molecule has 0 radical (unpaired) electrons. The first-order valence-electron chi connectivity index (χ1n) is 5.15. The van der Waals surface area contributed by atoms with Gasteiger partial charge in [-0.2, -0.15) is 0 Å². The number of nitrogens with two attached hydrogens (primary N) is 1. The largest absolute Gasteiger partial charge is 0.399 e. The van der Waals surface area contributed by atoms with Gasteiger partial charge >= 0.3 is 0 Å². The fraction of sp³-hybridized carbons (Fsp3) is 0.250. The van der Waals surface area contributed by atoms with Gasteiger partial charge in [0.25, 0.3) is 0 Å². The molecule has 3 nitrogen and oxygen atoms in total. The highest BCUT2D eigenvalue weighted by molar-refractivity contribution is 7.09. The smallest absolute Gasteiger partial charge is 0.0825 e. The van der Waals surface area contributed by atoms with Crippen LogP contribution in [0, 0.1) is 0 Å². The quantitative estimate of drug-likeness (QED) is 0.638. The van der Waals surface area contributed by atoms with E-state index >= 15 is 0 Å². The van der Waals surface area contributed by atoms with E-state index in [0.717, 1.165) is 22.5 Å². The summed E-state index contributed by atoms with van der Waals surface area (Å²) >= 11 is 1.61. The number of aromatic nitrogens is 1. The maximum atomic E-state index is 5.83. The summed E-state index contributed by atoms with van der Waals surface area (Å²) in [6, 6.07) is 7.88. The Morgan fingerprint density at radius 3 is 2.94 bits per heavy atom. The van der Waals surface area contributed by atoms with Gasteiger partial charge in [0.15, 0.2) is 0 Å². The zero-order valence-corrected chi connectivity index (χ0v) is 9.74. The van der Waals surface area contributed by atoms with Crippen molar-refractivity contribution < 1.29 is 4.74 Å². The molecule has 0 bridgehead atoms. The average molecular weight is 234 g/mol. The van der Waals surface area contributed by atoms with Crippen LogP contribution in [0.15, 0.2) is 36.0 Å². The molecule has 2 N–H and O–H groups in total. The van der Waals surface area contributed by atoms with Crippen molar-refractivity contribution in [2.24, 2.45) is 0 Å². The van der Waals surface area contributed by atoms with Crippen LogP contribution in [-0.4, -0.2) is 11.6 Å². The molecule has 2 aromatic rings. The second kappa shape index (κ2) is 5.63. The number of nitrogen functional groups attached to an aromatic ring is 1. The molecule has 0 spiro atoms. The number of benzene rings is 1. The molecule has 1 heterocycles. The third kappa shape index (κ3) is 3.05. The van der Waals surface area contributed by atoms with E-state index in [9.17, 15) is 0 Å². The van der Waals surface area contributed by atoms with Gasteiger partial charge in [0, 0.05) is 11.9 Å². The van der Waals surface area contributed by atoms with Gasteiger partial charge in [0.2, 0.25) is 0 Å². The van der Waals surface area contributed by atoms with Gasteiger partial charge in [-0.3, -0.25) is 4.98 Å². The lowest BCUT2D eigenvalue weighted by Crippen LogP contribution is -2.01. The van der Waals surface area contributed by atoms with E-state index in [2.05, 4.69) is 4.98 Å². The lowest BCUT2D eigenvalue weighted by molar-refractivity contribution is 0.126. The number of rotatable bonds is 5. The molecule has 4 heteroatoms. The molecule has 2 rings (SSSR count). The van der Waals surface area contributed by atoms with Gasteiger partial charge < -0.3 is 10.5 Å². The predicted molar refractivity (Wildman–Crippen MR) is 66.3 cm³/mol. The Labute approximate surface area is 98.9 Å². The summed E-state index contributed by atoms with van der Waals surface area (Å²) in [5, 5.41) is 0. The summed E-state index contributed by atoms with van der Waals surface area (Å²) in [5.74, 6) is 0. The second-order valence-electron chi connectivity index (χ2n) is 3.47. The van der Waals surface area contributed by atoms with Crippen LogP contribution in [0.4, 0.5) is 5.69 Å². The highest BCUT2D eigenvalue weighted by Crippen LogP contribution is 2.12.